The minimum Gasteiger partial charge on any atom is -0.314 e. The molecule has 30 heavy (non-hydrogen) atoms. The lowest BCUT2D eigenvalue weighted by atomic mass is 9.93. The molecule has 0 fully saturated rings. The maximum Gasteiger partial charge on any atom is 0.435 e. The van der Waals surface area contributed by atoms with Gasteiger partial charge in [-0.1, -0.05) is 12.1 Å². The second kappa shape index (κ2) is 7.15. The Hall–Kier alpha value is -3.38. The molecule has 0 unspecified atom stereocenters. The maximum absolute atomic E-state index is 14.3. The van der Waals surface area contributed by atoms with E-state index < -0.39 is 40.2 Å². The fraction of sp³-hybridized carbons (Fsp3) is 0.235. The third-order valence-electron chi connectivity index (χ3n) is 4.24. The summed E-state index contributed by atoms with van der Waals surface area (Å²) in [5, 5.41) is -0.749. The van der Waals surface area contributed by atoms with E-state index in [9.17, 15) is 40.3 Å². The summed E-state index contributed by atoms with van der Waals surface area (Å²) in [6.07, 6.45) is -9.81. The summed E-state index contributed by atoms with van der Waals surface area (Å²) in [4.78, 5) is 30.5. The van der Waals surface area contributed by atoms with Crippen LogP contribution >= 0.6 is 0 Å². The van der Waals surface area contributed by atoms with E-state index in [0.717, 1.165) is 0 Å². The maximum atomic E-state index is 14.3. The summed E-state index contributed by atoms with van der Waals surface area (Å²) < 4.78 is 92.6. The Morgan fingerprint density at radius 1 is 1.00 bits per heavy atom. The van der Waals surface area contributed by atoms with Gasteiger partial charge in [0.2, 0.25) is 0 Å². The quantitative estimate of drug-likeness (QED) is 0.616. The summed E-state index contributed by atoms with van der Waals surface area (Å²) in [5.74, 6) is 0. The Kier molecular flexibility index (Phi) is 5.08. The second-order valence-corrected chi connectivity index (χ2v) is 6.18. The minimum absolute atomic E-state index is 0.111. The Labute approximate surface area is 162 Å². The van der Waals surface area contributed by atoms with E-state index in [2.05, 4.69) is 15.4 Å². The zero-order valence-corrected chi connectivity index (χ0v) is 14.6. The van der Waals surface area contributed by atoms with E-state index in [0.29, 0.717) is 16.3 Å². The third-order valence-corrected chi connectivity index (χ3v) is 4.24. The molecule has 3 rings (SSSR count). The van der Waals surface area contributed by atoms with Crippen LogP contribution in [0, 0.1) is 0 Å². The van der Waals surface area contributed by atoms with Crippen LogP contribution in [-0.2, 0) is 12.2 Å². The molecule has 160 valence electrons. The molecule has 3 aromatic rings. The lowest BCUT2D eigenvalue weighted by Crippen LogP contribution is -2.50. The number of fused-ring (bicyclic) bond motifs is 1. The van der Waals surface area contributed by atoms with Crippen LogP contribution < -0.4 is 16.7 Å². The van der Waals surface area contributed by atoms with Crippen molar-refractivity contribution >= 4 is 10.9 Å². The van der Waals surface area contributed by atoms with E-state index in [1.165, 1.54) is 12.4 Å². The molecule has 2 aromatic heterocycles. The predicted octanol–water partition coefficient (Wildman–Crippen LogP) is 3.12. The first-order valence-corrected chi connectivity index (χ1v) is 8.11. The average Bonchev–Trinajstić information content (AvgIpc) is 2.66. The van der Waals surface area contributed by atoms with Crippen molar-refractivity contribution in [2.45, 2.75) is 24.6 Å². The molecule has 0 saturated heterocycles. The largest absolute Gasteiger partial charge is 0.435 e. The van der Waals surface area contributed by atoms with Gasteiger partial charge in [0.1, 0.15) is 0 Å². The topological polar surface area (TPSA) is 79.8 Å². The van der Waals surface area contributed by atoms with E-state index in [-0.39, 0.29) is 24.2 Å². The van der Waals surface area contributed by atoms with Crippen molar-refractivity contribution < 1.29 is 30.7 Å². The summed E-state index contributed by atoms with van der Waals surface area (Å²) in [6, 6.07) is 4.09. The smallest absolute Gasteiger partial charge is 0.314 e. The van der Waals surface area contributed by atoms with Crippen LogP contribution in [0.3, 0.4) is 0 Å². The van der Waals surface area contributed by atoms with Gasteiger partial charge in [0, 0.05) is 18.0 Å². The van der Waals surface area contributed by atoms with Crippen LogP contribution in [0.2, 0.25) is 0 Å². The molecule has 0 bridgehead atoms. The molecule has 1 aromatic carbocycles. The van der Waals surface area contributed by atoms with Crippen LogP contribution in [0.1, 0.15) is 11.1 Å². The number of hydrogen-bond donors (Lipinski definition) is 2. The van der Waals surface area contributed by atoms with Crippen molar-refractivity contribution in [3.05, 3.63) is 74.7 Å². The zero-order chi connectivity index (χ0) is 22.3. The lowest BCUT2D eigenvalue weighted by Gasteiger charge is -2.30. The summed E-state index contributed by atoms with van der Waals surface area (Å²) in [7, 11) is 0. The van der Waals surface area contributed by atoms with Gasteiger partial charge in [0.05, 0.1) is 17.4 Å². The van der Waals surface area contributed by atoms with Crippen molar-refractivity contribution in [1.29, 1.82) is 0 Å². The Bertz CT molecular complexity index is 1170. The van der Waals surface area contributed by atoms with Crippen LogP contribution in [-0.4, -0.2) is 27.0 Å². The van der Waals surface area contributed by atoms with Crippen LogP contribution in [0.5, 0.6) is 0 Å². The molecule has 0 amide bonds. The predicted molar refractivity (Wildman–Crippen MR) is 91.0 cm³/mol. The molecule has 2 N–H and O–H groups in total. The van der Waals surface area contributed by atoms with E-state index in [4.69, 9.17) is 0 Å². The van der Waals surface area contributed by atoms with Gasteiger partial charge in [0.25, 0.3) is 5.56 Å². The SMILES string of the molecule is O=c1[nH]c2ccc(C(F)(C(F)(F)F)C(F)(F)F)cc2c(=O)n1NCc1cccnc1. The van der Waals surface area contributed by atoms with Crippen molar-refractivity contribution in [3.8, 4) is 0 Å². The highest BCUT2D eigenvalue weighted by Crippen LogP contribution is 2.53. The normalized spacial score (nSPS) is 12.9. The van der Waals surface area contributed by atoms with Gasteiger partial charge in [-0.25, -0.2) is 9.18 Å². The molecule has 0 saturated carbocycles. The zero-order valence-electron chi connectivity index (χ0n) is 14.6. The molecule has 0 atom stereocenters. The number of aromatic nitrogens is 3. The molecule has 0 aliphatic rings. The number of aromatic amines is 1. The fourth-order valence-corrected chi connectivity index (χ4v) is 2.73. The van der Waals surface area contributed by atoms with Crippen LogP contribution in [0.15, 0.2) is 52.3 Å². The average molecular weight is 436 g/mol. The van der Waals surface area contributed by atoms with Crippen molar-refractivity contribution in [3.63, 3.8) is 0 Å². The minimum atomic E-state index is -6.33. The Balaban J connectivity index is 2.14. The number of alkyl halides is 7. The van der Waals surface area contributed by atoms with Gasteiger partial charge in [-0.05, 0) is 23.8 Å². The van der Waals surface area contributed by atoms with Gasteiger partial charge in [-0.15, -0.1) is 0 Å². The second-order valence-electron chi connectivity index (χ2n) is 6.18. The van der Waals surface area contributed by atoms with E-state index >= 15 is 0 Å². The number of nitrogens with zero attached hydrogens (tertiary/aromatic N) is 2. The number of H-pyrrole nitrogens is 1. The standard InChI is InChI=1S/C17H11F7N4O2/c18-15(16(19,20)21,17(22,23)24)10-3-4-12-11(6-10)13(29)28(14(30)27-12)26-8-9-2-1-5-25-7-9/h1-7,26H,8H2,(H,27,30). The van der Waals surface area contributed by atoms with Gasteiger partial charge < -0.3 is 10.4 Å². The molecular formula is C17H11F7N4O2. The Morgan fingerprint density at radius 3 is 2.23 bits per heavy atom. The molecule has 0 aliphatic carbocycles. The number of nitrogens with one attached hydrogen (secondary N) is 2. The number of hydrogen-bond acceptors (Lipinski definition) is 4. The first-order valence-electron chi connectivity index (χ1n) is 8.11. The van der Waals surface area contributed by atoms with E-state index in [1.54, 1.807) is 12.1 Å². The molecule has 0 aliphatic heterocycles. The Morgan fingerprint density at radius 2 is 1.67 bits per heavy atom. The highest BCUT2D eigenvalue weighted by Gasteiger charge is 2.73. The molecule has 0 spiro atoms. The summed E-state index contributed by atoms with van der Waals surface area (Å²) in [6.45, 7) is -0.111. The molecule has 13 heteroatoms. The lowest BCUT2D eigenvalue weighted by molar-refractivity contribution is -0.348. The molecular weight excluding hydrogens is 425 g/mol. The molecule has 0 radical (unpaired) electrons. The molecule has 6 nitrogen and oxygen atoms in total. The summed E-state index contributed by atoms with van der Waals surface area (Å²) in [5.41, 5.74) is -7.27. The first-order chi connectivity index (χ1) is 13.9. The highest BCUT2D eigenvalue weighted by molar-refractivity contribution is 5.78. The molecule has 2 heterocycles. The number of benzene rings is 1. The van der Waals surface area contributed by atoms with Crippen LogP contribution in [0.25, 0.3) is 10.9 Å². The number of rotatable bonds is 4. The van der Waals surface area contributed by atoms with Gasteiger partial charge >= 0.3 is 23.7 Å². The number of halogens is 7. The van der Waals surface area contributed by atoms with E-state index in [1.807, 2.05) is 0 Å². The van der Waals surface area contributed by atoms with Crippen molar-refractivity contribution in [2.75, 3.05) is 5.43 Å². The summed E-state index contributed by atoms with van der Waals surface area (Å²) >= 11 is 0. The van der Waals surface area contributed by atoms with Gasteiger partial charge in [-0.2, -0.15) is 31.0 Å². The van der Waals surface area contributed by atoms with Crippen molar-refractivity contribution in [1.82, 2.24) is 14.6 Å². The van der Waals surface area contributed by atoms with Crippen LogP contribution in [0.4, 0.5) is 30.7 Å². The first kappa shape index (κ1) is 21.3. The fourth-order valence-electron chi connectivity index (χ4n) is 2.73. The third kappa shape index (κ3) is 3.50. The van der Waals surface area contributed by atoms with Crippen molar-refractivity contribution in [2.24, 2.45) is 0 Å². The monoisotopic (exact) mass is 436 g/mol. The number of pyridine rings is 1. The van der Waals surface area contributed by atoms with Gasteiger partial charge in [0.15, 0.2) is 0 Å². The highest BCUT2D eigenvalue weighted by atomic mass is 19.4. The van der Waals surface area contributed by atoms with Gasteiger partial charge in [-0.3, -0.25) is 9.78 Å².